The van der Waals surface area contributed by atoms with Gasteiger partial charge in [-0.3, -0.25) is 10.1 Å². The lowest BCUT2D eigenvalue weighted by Gasteiger charge is -2.11. The summed E-state index contributed by atoms with van der Waals surface area (Å²) in [6.45, 7) is 2.03. The number of hydrogen-bond donors (Lipinski definition) is 2. The highest BCUT2D eigenvalue weighted by Gasteiger charge is 2.09. The molecule has 0 unspecified atom stereocenters. The van der Waals surface area contributed by atoms with Gasteiger partial charge in [-0.25, -0.2) is 4.79 Å². The third kappa shape index (κ3) is 4.75. The van der Waals surface area contributed by atoms with E-state index < -0.39 is 10.9 Å². The molecule has 0 aliphatic heterocycles. The summed E-state index contributed by atoms with van der Waals surface area (Å²) in [4.78, 5) is 22.0. The van der Waals surface area contributed by atoms with Gasteiger partial charge in [-0.05, 0) is 43.4 Å². The Morgan fingerprint density at radius 2 is 1.79 bits per heavy atom. The predicted molar refractivity (Wildman–Crippen MR) is 95.3 cm³/mol. The first kappa shape index (κ1) is 17.4. The second-order valence-electron chi connectivity index (χ2n) is 4.69. The maximum atomic E-state index is 11.7. The van der Waals surface area contributed by atoms with Gasteiger partial charge in [0.05, 0.1) is 17.1 Å². The van der Waals surface area contributed by atoms with E-state index in [2.05, 4.69) is 10.6 Å². The van der Waals surface area contributed by atoms with E-state index in [1.807, 2.05) is 0 Å². The van der Waals surface area contributed by atoms with E-state index in [1.54, 1.807) is 43.3 Å². The summed E-state index contributed by atoms with van der Waals surface area (Å²) in [7, 11) is 0. The molecule has 124 valence electrons. The standard InChI is InChI=1S/C16H15N3O4S/c1-2-23-15(20)11-5-3-6-12(9-11)17-16(24)18-13-7-4-8-14(10-13)19(21)22/h3-10H,2H2,1H3,(H2,17,18,24). The summed E-state index contributed by atoms with van der Waals surface area (Å²) in [5, 5.41) is 16.8. The van der Waals surface area contributed by atoms with Gasteiger partial charge in [-0.1, -0.05) is 12.1 Å². The molecule has 2 rings (SSSR count). The Hall–Kier alpha value is -3.00. The van der Waals surface area contributed by atoms with Gasteiger partial charge >= 0.3 is 5.97 Å². The number of thiocarbonyl (C=S) groups is 1. The van der Waals surface area contributed by atoms with Crippen LogP contribution in [0.25, 0.3) is 0 Å². The molecular formula is C16H15N3O4S. The predicted octanol–water partition coefficient (Wildman–Crippen LogP) is 3.58. The summed E-state index contributed by atoms with van der Waals surface area (Å²) in [6, 6.07) is 12.7. The highest BCUT2D eigenvalue weighted by Crippen LogP contribution is 2.18. The third-order valence-corrected chi connectivity index (χ3v) is 3.15. The van der Waals surface area contributed by atoms with E-state index in [9.17, 15) is 14.9 Å². The number of carbonyl (C=O) groups excluding carboxylic acids is 1. The van der Waals surface area contributed by atoms with Crippen LogP contribution in [0.1, 0.15) is 17.3 Å². The molecule has 0 bridgehead atoms. The van der Waals surface area contributed by atoms with E-state index in [1.165, 1.54) is 12.1 Å². The first-order chi connectivity index (χ1) is 11.5. The van der Waals surface area contributed by atoms with Crippen LogP contribution in [0.2, 0.25) is 0 Å². The summed E-state index contributed by atoms with van der Waals surface area (Å²) in [6.07, 6.45) is 0. The van der Waals surface area contributed by atoms with Gasteiger partial charge in [-0.15, -0.1) is 0 Å². The highest BCUT2D eigenvalue weighted by atomic mass is 32.1. The van der Waals surface area contributed by atoms with Gasteiger partial charge in [0.1, 0.15) is 0 Å². The van der Waals surface area contributed by atoms with Crippen LogP contribution >= 0.6 is 12.2 Å². The summed E-state index contributed by atoms with van der Waals surface area (Å²) in [5.74, 6) is -0.418. The maximum absolute atomic E-state index is 11.7. The van der Waals surface area contributed by atoms with Crippen molar-refractivity contribution in [2.75, 3.05) is 17.2 Å². The first-order valence-electron chi connectivity index (χ1n) is 7.09. The fourth-order valence-electron chi connectivity index (χ4n) is 1.93. The van der Waals surface area contributed by atoms with Crippen LogP contribution in [0.15, 0.2) is 48.5 Å². The van der Waals surface area contributed by atoms with Gasteiger partial charge < -0.3 is 15.4 Å². The zero-order chi connectivity index (χ0) is 17.5. The van der Waals surface area contributed by atoms with E-state index in [0.29, 0.717) is 23.5 Å². The Bertz CT molecular complexity index is 779. The Kier molecular flexibility index (Phi) is 5.80. The van der Waals surface area contributed by atoms with Crippen LogP contribution in [0.3, 0.4) is 0 Å². The van der Waals surface area contributed by atoms with Gasteiger partial charge in [0.25, 0.3) is 5.69 Å². The molecule has 0 amide bonds. The number of nitro benzene ring substituents is 1. The Morgan fingerprint density at radius 3 is 2.42 bits per heavy atom. The smallest absolute Gasteiger partial charge is 0.338 e. The number of non-ortho nitro benzene ring substituents is 1. The molecule has 2 aromatic rings. The number of nitrogens with one attached hydrogen (secondary N) is 2. The minimum atomic E-state index is -0.482. The molecule has 7 nitrogen and oxygen atoms in total. The SMILES string of the molecule is CCOC(=O)c1cccc(NC(=S)Nc2cccc([N+](=O)[O-])c2)c1. The molecule has 0 aliphatic rings. The normalized spacial score (nSPS) is 9.88. The quantitative estimate of drug-likeness (QED) is 0.370. The average Bonchev–Trinajstić information content (AvgIpc) is 2.55. The third-order valence-electron chi connectivity index (χ3n) is 2.95. The molecule has 0 atom stereocenters. The minimum Gasteiger partial charge on any atom is -0.462 e. The van der Waals surface area contributed by atoms with Crippen LogP contribution in [-0.4, -0.2) is 22.6 Å². The van der Waals surface area contributed by atoms with Crippen molar-refractivity contribution in [3.8, 4) is 0 Å². The first-order valence-corrected chi connectivity index (χ1v) is 7.50. The number of hydrogen-bond acceptors (Lipinski definition) is 5. The van der Waals surface area contributed by atoms with Crippen molar-refractivity contribution in [3.63, 3.8) is 0 Å². The molecule has 0 aromatic heterocycles. The number of rotatable bonds is 5. The van der Waals surface area contributed by atoms with Gasteiger partial charge in [-0.2, -0.15) is 0 Å². The highest BCUT2D eigenvalue weighted by molar-refractivity contribution is 7.80. The van der Waals surface area contributed by atoms with Gasteiger partial charge in [0, 0.05) is 23.5 Å². The van der Waals surface area contributed by atoms with Crippen molar-refractivity contribution in [2.45, 2.75) is 6.92 Å². The molecule has 0 spiro atoms. The second kappa shape index (κ2) is 8.02. The van der Waals surface area contributed by atoms with Crippen molar-refractivity contribution < 1.29 is 14.5 Å². The van der Waals surface area contributed by atoms with Crippen molar-refractivity contribution >= 4 is 40.4 Å². The Morgan fingerprint density at radius 1 is 1.17 bits per heavy atom. The summed E-state index contributed by atoms with van der Waals surface area (Å²) in [5.41, 5.74) is 1.46. The van der Waals surface area contributed by atoms with Crippen molar-refractivity contribution in [1.29, 1.82) is 0 Å². The zero-order valence-corrected chi connectivity index (χ0v) is 13.6. The lowest BCUT2D eigenvalue weighted by Crippen LogP contribution is -2.19. The van der Waals surface area contributed by atoms with Crippen molar-refractivity contribution in [3.05, 3.63) is 64.2 Å². The van der Waals surface area contributed by atoms with Crippen LogP contribution in [0.5, 0.6) is 0 Å². The van der Waals surface area contributed by atoms with Crippen molar-refractivity contribution in [2.24, 2.45) is 0 Å². The largest absolute Gasteiger partial charge is 0.462 e. The number of esters is 1. The van der Waals surface area contributed by atoms with Crippen LogP contribution < -0.4 is 10.6 Å². The molecular weight excluding hydrogens is 330 g/mol. The summed E-state index contributed by atoms with van der Waals surface area (Å²) >= 11 is 5.18. The fraction of sp³-hybridized carbons (Fsp3) is 0.125. The summed E-state index contributed by atoms with van der Waals surface area (Å²) < 4.78 is 4.94. The molecule has 0 heterocycles. The molecule has 2 aromatic carbocycles. The molecule has 0 fully saturated rings. The topological polar surface area (TPSA) is 93.5 Å². The maximum Gasteiger partial charge on any atom is 0.338 e. The number of ether oxygens (including phenoxy) is 1. The monoisotopic (exact) mass is 345 g/mol. The molecule has 2 N–H and O–H groups in total. The lowest BCUT2D eigenvalue weighted by molar-refractivity contribution is -0.384. The average molecular weight is 345 g/mol. The van der Waals surface area contributed by atoms with Crippen LogP contribution in [0, 0.1) is 10.1 Å². The minimum absolute atomic E-state index is 0.0351. The van der Waals surface area contributed by atoms with Crippen LogP contribution in [-0.2, 0) is 4.74 Å². The molecule has 8 heteroatoms. The number of nitrogens with zero attached hydrogens (tertiary/aromatic N) is 1. The van der Waals surface area contributed by atoms with E-state index in [4.69, 9.17) is 17.0 Å². The van der Waals surface area contributed by atoms with Gasteiger partial charge in [0.15, 0.2) is 5.11 Å². The van der Waals surface area contributed by atoms with E-state index in [0.717, 1.165) is 0 Å². The number of nitro groups is 1. The Balaban J connectivity index is 2.05. The number of benzene rings is 2. The molecule has 0 saturated carbocycles. The van der Waals surface area contributed by atoms with E-state index in [-0.39, 0.29) is 10.8 Å². The van der Waals surface area contributed by atoms with Crippen LogP contribution in [0.4, 0.5) is 17.1 Å². The molecule has 0 aliphatic carbocycles. The lowest BCUT2D eigenvalue weighted by atomic mass is 10.2. The fourth-order valence-corrected chi connectivity index (χ4v) is 2.16. The Labute approximate surface area is 143 Å². The molecule has 24 heavy (non-hydrogen) atoms. The zero-order valence-electron chi connectivity index (χ0n) is 12.8. The number of carbonyl (C=O) groups is 1. The number of anilines is 2. The van der Waals surface area contributed by atoms with Crippen molar-refractivity contribution in [1.82, 2.24) is 0 Å². The molecule has 0 saturated heterocycles. The van der Waals surface area contributed by atoms with E-state index >= 15 is 0 Å². The van der Waals surface area contributed by atoms with Gasteiger partial charge in [0.2, 0.25) is 0 Å². The molecule has 0 radical (unpaired) electrons. The second-order valence-corrected chi connectivity index (χ2v) is 5.10.